The molecule has 1 aromatic carbocycles. The molecule has 0 saturated carbocycles. The molecule has 0 radical (unpaired) electrons. The van der Waals surface area contributed by atoms with Crippen molar-refractivity contribution in [3.05, 3.63) is 35.4 Å². The van der Waals surface area contributed by atoms with Gasteiger partial charge in [-0.2, -0.15) is 0 Å². The van der Waals surface area contributed by atoms with Crippen molar-refractivity contribution in [1.29, 1.82) is 0 Å². The monoisotopic (exact) mass is 417 g/mol. The fourth-order valence-corrected chi connectivity index (χ4v) is 4.94. The van der Waals surface area contributed by atoms with E-state index in [4.69, 9.17) is 9.73 Å². The highest BCUT2D eigenvalue weighted by molar-refractivity contribution is 8.13. The molecule has 0 spiro atoms. The Morgan fingerprint density at radius 3 is 2.83 bits per heavy atom. The Morgan fingerprint density at radius 1 is 1.28 bits per heavy atom. The molecule has 2 atom stereocenters. The highest BCUT2D eigenvalue weighted by atomic mass is 32.2. The van der Waals surface area contributed by atoms with Crippen LogP contribution in [-0.2, 0) is 16.1 Å². The van der Waals surface area contributed by atoms with E-state index in [1.165, 1.54) is 10.5 Å². The molecule has 4 rings (SSSR count). The summed E-state index contributed by atoms with van der Waals surface area (Å²) in [5, 5.41) is 3.28. The first-order valence-corrected chi connectivity index (χ1v) is 10.9. The highest BCUT2D eigenvalue weighted by Crippen LogP contribution is 2.30. The molecule has 3 heterocycles. The van der Waals surface area contributed by atoms with Gasteiger partial charge in [-0.1, -0.05) is 41.6 Å². The number of carbonyl (C=O) groups excluding carboxylic acids is 2. The standard InChI is InChI=1S/C20H27N5O3S/c1-14-4-3-5-15(12-14)13-25-16-17(23(2)19(27)22-18(16)26)21-20(25)29-11-8-24-6-9-28-10-7-24/h3-5,12,16-17H,6-11,13H2,1-2H3,(H,22,26,27). The fourth-order valence-electron chi connectivity index (χ4n) is 3.88. The maximum Gasteiger partial charge on any atom is 0.325 e. The van der Waals surface area contributed by atoms with Crippen molar-refractivity contribution in [3.63, 3.8) is 0 Å². The molecule has 0 aliphatic carbocycles. The minimum Gasteiger partial charge on any atom is -0.379 e. The minimum absolute atomic E-state index is 0.279. The van der Waals surface area contributed by atoms with Gasteiger partial charge in [-0.05, 0) is 12.5 Å². The molecule has 2 unspecified atom stereocenters. The summed E-state index contributed by atoms with van der Waals surface area (Å²) in [5.41, 5.74) is 2.30. The van der Waals surface area contributed by atoms with Crippen molar-refractivity contribution < 1.29 is 14.3 Å². The number of carbonyl (C=O) groups is 2. The largest absolute Gasteiger partial charge is 0.379 e. The van der Waals surface area contributed by atoms with E-state index in [0.29, 0.717) is 6.54 Å². The quantitative estimate of drug-likeness (QED) is 0.773. The number of aryl methyl sites for hydroxylation is 1. The second-order valence-corrected chi connectivity index (χ2v) is 8.66. The number of urea groups is 1. The average Bonchev–Trinajstić information content (AvgIpc) is 3.06. The lowest BCUT2D eigenvalue weighted by Crippen LogP contribution is -2.63. The molecule has 1 aromatic rings. The summed E-state index contributed by atoms with van der Waals surface area (Å²) in [6.45, 7) is 7.05. The Kier molecular flexibility index (Phi) is 6.07. The van der Waals surface area contributed by atoms with E-state index in [0.717, 1.165) is 49.3 Å². The molecule has 156 valence electrons. The lowest BCUT2D eigenvalue weighted by Gasteiger charge is -2.36. The number of aliphatic imine (C=N–C) groups is 1. The Labute approximate surface area is 175 Å². The molecule has 3 aliphatic heterocycles. The van der Waals surface area contributed by atoms with E-state index in [-0.39, 0.29) is 5.91 Å². The van der Waals surface area contributed by atoms with Crippen molar-refractivity contribution in [2.24, 2.45) is 4.99 Å². The summed E-state index contributed by atoms with van der Waals surface area (Å²) >= 11 is 1.66. The molecule has 9 heteroatoms. The van der Waals surface area contributed by atoms with Gasteiger partial charge in [-0.25, -0.2) is 9.79 Å². The third kappa shape index (κ3) is 4.41. The van der Waals surface area contributed by atoms with Crippen LogP contribution in [0.15, 0.2) is 29.3 Å². The van der Waals surface area contributed by atoms with Gasteiger partial charge in [0.2, 0.25) is 0 Å². The zero-order valence-corrected chi connectivity index (χ0v) is 17.7. The number of morpholine rings is 1. The van der Waals surface area contributed by atoms with Crippen LogP contribution in [0.5, 0.6) is 0 Å². The molecule has 8 nitrogen and oxygen atoms in total. The molecular weight excluding hydrogens is 390 g/mol. The van der Waals surface area contributed by atoms with Crippen LogP contribution in [0.1, 0.15) is 11.1 Å². The van der Waals surface area contributed by atoms with Crippen LogP contribution in [-0.4, -0.2) is 89.7 Å². The molecule has 1 N–H and O–H groups in total. The van der Waals surface area contributed by atoms with Crippen LogP contribution in [0.3, 0.4) is 0 Å². The molecular formula is C20H27N5O3S. The van der Waals surface area contributed by atoms with Crippen LogP contribution < -0.4 is 5.32 Å². The first-order chi connectivity index (χ1) is 14.0. The van der Waals surface area contributed by atoms with Crippen molar-refractivity contribution in [2.45, 2.75) is 25.7 Å². The highest BCUT2D eigenvalue weighted by Gasteiger charge is 2.48. The molecule has 2 fully saturated rings. The Morgan fingerprint density at radius 2 is 2.07 bits per heavy atom. The van der Waals surface area contributed by atoms with E-state index in [1.807, 2.05) is 11.0 Å². The van der Waals surface area contributed by atoms with Crippen molar-refractivity contribution >= 4 is 28.9 Å². The first-order valence-electron chi connectivity index (χ1n) is 9.93. The number of amidine groups is 1. The number of thioether (sulfide) groups is 1. The third-order valence-electron chi connectivity index (χ3n) is 5.50. The maximum absolute atomic E-state index is 12.7. The van der Waals surface area contributed by atoms with Crippen LogP contribution in [0, 0.1) is 6.92 Å². The van der Waals surface area contributed by atoms with Gasteiger partial charge in [-0.3, -0.25) is 15.0 Å². The number of nitrogens with zero attached hydrogens (tertiary/aromatic N) is 4. The number of hydrogen-bond acceptors (Lipinski definition) is 7. The van der Waals surface area contributed by atoms with Gasteiger partial charge >= 0.3 is 6.03 Å². The predicted octanol–water partition coefficient (Wildman–Crippen LogP) is 1.11. The zero-order valence-electron chi connectivity index (χ0n) is 16.8. The van der Waals surface area contributed by atoms with Crippen LogP contribution in [0.2, 0.25) is 0 Å². The van der Waals surface area contributed by atoms with Gasteiger partial charge in [0, 0.05) is 39.0 Å². The lowest BCUT2D eigenvalue weighted by molar-refractivity contribution is -0.127. The lowest BCUT2D eigenvalue weighted by atomic mass is 10.1. The summed E-state index contributed by atoms with van der Waals surface area (Å²) in [7, 11) is 1.69. The Hall–Kier alpha value is -2.10. The van der Waals surface area contributed by atoms with E-state index in [9.17, 15) is 9.59 Å². The number of imide groups is 1. The summed E-state index contributed by atoms with van der Waals surface area (Å²) in [6, 6.07) is 7.38. The van der Waals surface area contributed by atoms with Crippen LogP contribution in [0.4, 0.5) is 4.79 Å². The number of benzene rings is 1. The minimum atomic E-state index is -0.496. The zero-order chi connectivity index (χ0) is 20.4. The number of ether oxygens (including phenoxy) is 1. The van der Waals surface area contributed by atoms with Crippen molar-refractivity contribution in [3.8, 4) is 0 Å². The number of rotatable bonds is 5. The summed E-state index contributed by atoms with van der Waals surface area (Å²) in [4.78, 5) is 35.5. The van der Waals surface area contributed by atoms with Gasteiger partial charge < -0.3 is 14.5 Å². The summed E-state index contributed by atoms with van der Waals surface area (Å²) in [5.74, 6) is 0.597. The number of nitrogens with one attached hydrogen (secondary N) is 1. The molecule has 3 aliphatic rings. The van der Waals surface area contributed by atoms with Crippen LogP contribution >= 0.6 is 11.8 Å². The van der Waals surface area contributed by atoms with E-state index >= 15 is 0 Å². The van der Waals surface area contributed by atoms with Crippen LogP contribution in [0.25, 0.3) is 0 Å². The number of amides is 3. The molecule has 0 aromatic heterocycles. The van der Waals surface area contributed by atoms with Gasteiger partial charge in [-0.15, -0.1) is 0 Å². The molecule has 29 heavy (non-hydrogen) atoms. The van der Waals surface area contributed by atoms with Gasteiger partial charge in [0.05, 0.1) is 13.2 Å². The number of fused-ring (bicyclic) bond motifs is 1. The van der Waals surface area contributed by atoms with Gasteiger partial charge in [0.1, 0.15) is 0 Å². The molecule has 3 amide bonds. The van der Waals surface area contributed by atoms with Crippen molar-refractivity contribution in [1.82, 2.24) is 20.0 Å². The third-order valence-corrected chi connectivity index (χ3v) is 6.49. The summed E-state index contributed by atoms with van der Waals surface area (Å²) in [6.07, 6.45) is -0.480. The number of hydrogen-bond donors (Lipinski definition) is 1. The Bertz CT molecular complexity index is 811. The van der Waals surface area contributed by atoms with E-state index in [2.05, 4.69) is 35.3 Å². The second kappa shape index (κ2) is 8.73. The van der Waals surface area contributed by atoms with Gasteiger partial charge in [0.15, 0.2) is 17.4 Å². The maximum atomic E-state index is 12.7. The Balaban J connectivity index is 1.50. The molecule has 2 saturated heterocycles. The van der Waals surface area contributed by atoms with Gasteiger partial charge in [0.25, 0.3) is 5.91 Å². The smallest absolute Gasteiger partial charge is 0.325 e. The SMILES string of the molecule is Cc1cccc(CN2C(SCCN3CCOCC3)=NC3C2C(=O)NC(=O)N3C)c1. The average molecular weight is 418 g/mol. The fraction of sp³-hybridized carbons (Fsp3) is 0.550. The normalized spacial score (nSPS) is 25.1. The summed E-state index contributed by atoms with van der Waals surface area (Å²) < 4.78 is 5.41. The molecule has 0 bridgehead atoms. The topological polar surface area (TPSA) is 77.5 Å². The van der Waals surface area contributed by atoms with E-state index in [1.54, 1.807) is 18.8 Å². The first kappa shape index (κ1) is 20.2. The second-order valence-electron chi connectivity index (χ2n) is 7.59. The number of likely N-dealkylation sites (N-methyl/N-ethyl adjacent to an activating group) is 1. The van der Waals surface area contributed by atoms with Crippen molar-refractivity contribution in [2.75, 3.05) is 45.6 Å². The predicted molar refractivity (Wildman–Crippen MR) is 113 cm³/mol. The van der Waals surface area contributed by atoms with E-state index < -0.39 is 18.2 Å².